The van der Waals surface area contributed by atoms with Crippen LogP contribution in [0.15, 0.2) is 29.6 Å². The molecule has 1 unspecified atom stereocenters. The van der Waals surface area contributed by atoms with E-state index in [0.29, 0.717) is 5.69 Å². The molecule has 1 aliphatic rings. The lowest BCUT2D eigenvalue weighted by Gasteiger charge is -2.22. The Hall–Kier alpha value is -1.46. The zero-order chi connectivity index (χ0) is 14.1. The summed E-state index contributed by atoms with van der Waals surface area (Å²) in [6.07, 6.45) is 1.07. The summed E-state index contributed by atoms with van der Waals surface area (Å²) in [7, 11) is 0. The normalized spacial score (nSPS) is 17.6. The summed E-state index contributed by atoms with van der Waals surface area (Å²) in [5, 5.41) is 4.98. The number of anilines is 2. The molecule has 1 aromatic carbocycles. The molecule has 3 N–H and O–H groups in total. The molecule has 1 amide bonds. The maximum atomic E-state index is 12.5. The molecule has 0 saturated heterocycles. The zero-order valence-corrected chi connectivity index (χ0v) is 12.8. The summed E-state index contributed by atoms with van der Waals surface area (Å²) in [5.41, 5.74) is 9.45. The highest BCUT2D eigenvalue weighted by atomic mass is 32.2. The number of amides is 1. The summed E-state index contributed by atoms with van der Waals surface area (Å²) < 4.78 is 0. The van der Waals surface area contributed by atoms with Crippen molar-refractivity contribution < 1.29 is 4.79 Å². The van der Waals surface area contributed by atoms with Gasteiger partial charge in [-0.2, -0.15) is 0 Å². The molecule has 1 aliphatic heterocycles. The molecule has 20 heavy (non-hydrogen) atoms. The summed E-state index contributed by atoms with van der Waals surface area (Å²) in [4.78, 5) is 13.9. The number of fused-ring (bicyclic) bond motifs is 1. The third-order valence-corrected chi connectivity index (χ3v) is 5.67. The van der Waals surface area contributed by atoms with E-state index in [-0.39, 0.29) is 11.2 Å². The third kappa shape index (κ3) is 2.55. The molecular formula is C15H16N2OS2. The van der Waals surface area contributed by atoms with E-state index in [1.54, 1.807) is 23.1 Å². The molecule has 0 fully saturated rings. The standard InChI is InChI=1S/C15H16N2OS2/c1-9-2-3-10(16)8-12(9)17-15(18)14-11-4-6-19-13(11)5-7-20-14/h2-4,6,8,14H,5,7,16H2,1H3,(H,17,18). The van der Waals surface area contributed by atoms with Gasteiger partial charge in [-0.05, 0) is 53.8 Å². The van der Waals surface area contributed by atoms with E-state index in [9.17, 15) is 4.79 Å². The molecule has 104 valence electrons. The van der Waals surface area contributed by atoms with Gasteiger partial charge in [0.25, 0.3) is 0 Å². The lowest BCUT2D eigenvalue weighted by Crippen LogP contribution is -2.22. The first-order chi connectivity index (χ1) is 9.65. The molecule has 2 aromatic rings. The van der Waals surface area contributed by atoms with Crippen molar-refractivity contribution in [3.8, 4) is 0 Å². The van der Waals surface area contributed by atoms with E-state index in [0.717, 1.165) is 23.4 Å². The average molecular weight is 304 g/mol. The van der Waals surface area contributed by atoms with E-state index in [1.807, 2.05) is 25.1 Å². The van der Waals surface area contributed by atoms with Gasteiger partial charge in [-0.3, -0.25) is 4.79 Å². The van der Waals surface area contributed by atoms with Crippen LogP contribution in [0.2, 0.25) is 0 Å². The molecule has 1 aromatic heterocycles. The minimum Gasteiger partial charge on any atom is -0.399 e. The van der Waals surface area contributed by atoms with Crippen LogP contribution in [0, 0.1) is 6.92 Å². The molecule has 1 atom stereocenters. The first-order valence-electron chi connectivity index (χ1n) is 6.50. The second-order valence-electron chi connectivity index (χ2n) is 4.86. The Kier molecular flexibility index (Phi) is 3.72. The molecule has 5 heteroatoms. The number of aryl methyl sites for hydroxylation is 2. The van der Waals surface area contributed by atoms with Gasteiger partial charge in [0, 0.05) is 16.3 Å². The van der Waals surface area contributed by atoms with Crippen molar-refractivity contribution in [1.82, 2.24) is 0 Å². The third-order valence-electron chi connectivity index (χ3n) is 3.43. The lowest BCUT2D eigenvalue weighted by molar-refractivity contribution is -0.115. The van der Waals surface area contributed by atoms with Gasteiger partial charge in [-0.1, -0.05) is 6.07 Å². The second-order valence-corrected chi connectivity index (χ2v) is 7.08. The number of benzene rings is 1. The van der Waals surface area contributed by atoms with Gasteiger partial charge >= 0.3 is 0 Å². The molecule has 0 saturated carbocycles. The van der Waals surface area contributed by atoms with Gasteiger partial charge < -0.3 is 11.1 Å². The molecule has 3 nitrogen and oxygen atoms in total. The monoisotopic (exact) mass is 304 g/mol. The Bertz CT molecular complexity index is 651. The second kappa shape index (κ2) is 5.50. The summed E-state index contributed by atoms with van der Waals surface area (Å²) in [6, 6.07) is 7.66. The molecular weight excluding hydrogens is 288 g/mol. The predicted molar refractivity (Wildman–Crippen MR) is 87.4 cm³/mol. The molecule has 2 heterocycles. The highest BCUT2D eigenvalue weighted by molar-refractivity contribution is 8.00. The number of thioether (sulfide) groups is 1. The van der Waals surface area contributed by atoms with Gasteiger partial charge in [0.2, 0.25) is 5.91 Å². The van der Waals surface area contributed by atoms with E-state index < -0.39 is 0 Å². The lowest BCUT2D eigenvalue weighted by atomic mass is 10.1. The van der Waals surface area contributed by atoms with Crippen molar-refractivity contribution in [2.45, 2.75) is 18.6 Å². The Morgan fingerprint density at radius 2 is 2.25 bits per heavy atom. The van der Waals surface area contributed by atoms with E-state index in [4.69, 9.17) is 5.73 Å². The van der Waals surface area contributed by atoms with Crippen LogP contribution in [0.25, 0.3) is 0 Å². The largest absolute Gasteiger partial charge is 0.399 e. The summed E-state index contributed by atoms with van der Waals surface area (Å²) in [6.45, 7) is 1.97. The van der Waals surface area contributed by atoms with Crippen LogP contribution in [-0.4, -0.2) is 11.7 Å². The minimum absolute atomic E-state index is 0.0445. The molecule has 0 bridgehead atoms. The smallest absolute Gasteiger partial charge is 0.242 e. The van der Waals surface area contributed by atoms with E-state index in [2.05, 4.69) is 16.8 Å². The van der Waals surface area contributed by atoms with Crippen LogP contribution in [0.4, 0.5) is 11.4 Å². The summed E-state index contributed by atoms with van der Waals surface area (Å²) in [5.74, 6) is 1.05. The van der Waals surface area contributed by atoms with Crippen LogP contribution in [0.3, 0.4) is 0 Å². The van der Waals surface area contributed by atoms with Crippen molar-refractivity contribution in [3.63, 3.8) is 0 Å². The number of thiophene rings is 1. The fourth-order valence-electron chi connectivity index (χ4n) is 2.34. The number of nitrogens with two attached hydrogens (primary N) is 1. The number of hydrogen-bond acceptors (Lipinski definition) is 4. The molecule has 0 radical (unpaired) electrons. The number of hydrogen-bond donors (Lipinski definition) is 2. The fraction of sp³-hybridized carbons (Fsp3) is 0.267. The maximum Gasteiger partial charge on any atom is 0.242 e. The van der Waals surface area contributed by atoms with Gasteiger partial charge in [-0.15, -0.1) is 23.1 Å². The van der Waals surface area contributed by atoms with Gasteiger partial charge in [0.05, 0.1) is 0 Å². The average Bonchev–Trinajstić information content (AvgIpc) is 2.91. The van der Waals surface area contributed by atoms with Gasteiger partial charge in [-0.25, -0.2) is 0 Å². The van der Waals surface area contributed by atoms with Gasteiger partial charge in [0.1, 0.15) is 5.25 Å². The predicted octanol–water partition coefficient (Wildman–Crippen LogP) is 3.61. The first kappa shape index (κ1) is 13.5. The number of carbonyl (C=O) groups excluding carboxylic acids is 1. The van der Waals surface area contributed by atoms with Crippen LogP contribution in [-0.2, 0) is 11.2 Å². The van der Waals surface area contributed by atoms with Gasteiger partial charge in [0.15, 0.2) is 0 Å². The Balaban J connectivity index is 1.83. The zero-order valence-electron chi connectivity index (χ0n) is 11.2. The quantitative estimate of drug-likeness (QED) is 0.833. The maximum absolute atomic E-state index is 12.5. The number of carbonyl (C=O) groups is 1. The fourth-order valence-corrected chi connectivity index (χ4v) is 4.63. The van der Waals surface area contributed by atoms with Crippen molar-refractivity contribution in [1.29, 1.82) is 0 Å². The minimum atomic E-state index is -0.106. The van der Waals surface area contributed by atoms with Crippen molar-refractivity contribution in [2.75, 3.05) is 16.8 Å². The van der Waals surface area contributed by atoms with Crippen LogP contribution >= 0.6 is 23.1 Å². The first-order valence-corrected chi connectivity index (χ1v) is 8.43. The van der Waals surface area contributed by atoms with Crippen molar-refractivity contribution >= 4 is 40.4 Å². The van der Waals surface area contributed by atoms with E-state index >= 15 is 0 Å². The highest BCUT2D eigenvalue weighted by Crippen LogP contribution is 2.40. The number of nitrogens with one attached hydrogen (secondary N) is 1. The van der Waals surface area contributed by atoms with Crippen LogP contribution in [0.5, 0.6) is 0 Å². The topological polar surface area (TPSA) is 55.1 Å². The summed E-state index contributed by atoms with van der Waals surface area (Å²) >= 11 is 3.46. The van der Waals surface area contributed by atoms with E-state index in [1.165, 1.54) is 10.4 Å². The van der Waals surface area contributed by atoms with Crippen molar-refractivity contribution in [2.24, 2.45) is 0 Å². The Morgan fingerprint density at radius 3 is 3.10 bits per heavy atom. The van der Waals surface area contributed by atoms with Crippen molar-refractivity contribution in [3.05, 3.63) is 45.6 Å². The Labute approximate surface area is 126 Å². The molecule has 3 rings (SSSR count). The number of rotatable bonds is 2. The highest BCUT2D eigenvalue weighted by Gasteiger charge is 2.28. The SMILES string of the molecule is Cc1ccc(N)cc1NC(=O)C1SCCc2sccc21. The Morgan fingerprint density at radius 1 is 1.40 bits per heavy atom. The van der Waals surface area contributed by atoms with Crippen LogP contribution < -0.4 is 11.1 Å². The van der Waals surface area contributed by atoms with Crippen LogP contribution in [0.1, 0.15) is 21.3 Å². The molecule has 0 spiro atoms. The molecule has 0 aliphatic carbocycles. The number of nitrogen functional groups attached to an aromatic ring is 1.